The molecule has 1 unspecified atom stereocenters. The first-order valence-corrected chi connectivity index (χ1v) is 9.70. The highest BCUT2D eigenvalue weighted by molar-refractivity contribution is 7.99. The molecule has 0 saturated heterocycles. The van der Waals surface area contributed by atoms with Crippen molar-refractivity contribution in [2.75, 3.05) is 7.11 Å². The Morgan fingerprint density at radius 2 is 1.93 bits per heavy atom. The highest BCUT2D eigenvalue weighted by Crippen LogP contribution is 2.33. The van der Waals surface area contributed by atoms with Gasteiger partial charge in [0.15, 0.2) is 5.16 Å². The summed E-state index contributed by atoms with van der Waals surface area (Å²) < 4.78 is 7.12. The number of rotatable bonds is 6. The van der Waals surface area contributed by atoms with Crippen molar-refractivity contribution >= 4 is 11.8 Å². The van der Waals surface area contributed by atoms with Crippen LogP contribution in [0.3, 0.4) is 0 Å². The van der Waals surface area contributed by atoms with Crippen LogP contribution in [0.1, 0.15) is 17.7 Å². The Morgan fingerprint density at radius 1 is 1.11 bits per heavy atom. The van der Waals surface area contributed by atoms with Gasteiger partial charge in [0.1, 0.15) is 17.8 Å². The maximum atomic E-state index is 5.21. The standard InChI is InChI=1S/C20H20N6OS/c1-14(28-20-23-21-13-25(20)2)16-5-4-6-17(11-16)26-22-12-19(24-26)15-7-9-18(27-3)10-8-15/h4-14H,1-3H3. The summed E-state index contributed by atoms with van der Waals surface area (Å²) in [4.78, 5) is 1.66. The third-order valence-corrected chi connectivity index (χ3v) is 5.61. The van der Waals surface area contributed by atoms with Crippen LogP contribution in [0.25, 0.3) is 16.9 Å². The van der Waals surface area contributed by atoms with Crippen molar-refractivity contribution in [3.8, 4) is 22.7 Å². The van der Waals surface area contributed by atoms with Crippen molar-refractivity contribution in [2.45, 2.75) is 17.3 Å². The molecule has 0 N–H and O–H groups in total. The van der Waals surface area contributed by atoms with Gasteiger partial charge in [-0.1, -0.05) is 23.9 Å². The highest BCUT2D eigenvalue weighted by atomic mass is 32.2. The van der Waals surface area contributed by atoms with E-state index in [0.29, 0.717) is 0 Å². The molecule has 7 nitrogen and oxygen atoms in total. The SMILES string of the molecule is COc1ccc(-c2cnn(-c3cccc(C(C)Sc4nncn4C)c3)n2)cc1. The molecule has 0 bridgehead atoms. The predicted octanol–water partition coefficient (Wildman–Crippen LogP) is 3.92. The van der Waals surface area contributed by atoms with Gasteiger partial charge in [0.05, 0.1) is 19.0 Å². The Morgan fingerprint density at radius 3 is 2.64 bits per heavy atom. The number of hydrogen-bond donors (Lipinski definition) is 0. The van der Waals surface area contributed by atoms with Gasteiger partial charge in [-0.3, -0.25) is 0 Å². The summed E-state index contributed by atoms with van der Waals surface area (Å²) in [6.07, 6.45) is 3.48. The highest BCUT2D eigenvalue weighted by Gasteiger charge is 2.13. The molecule has 142 valence electrons. The molecular weight excluding hydrogens is 372 g/mol. The Balaban J connectivity index is 1.56. The van der Waals surface area contributed by atoms with Gasteiger partial charge in [0.25, 0.3) is 0 Å². The summed E-state index contributed by atoms with van der Waals surface area (Å²) in [5.41, 5.74) is 3.90. The largest absolute Gasteiger partial charge is 0.497 e. The van der Waals surface area contributed by atoms with Crippen LogP contribution in [0.5, 0.6) is 5.75 Å². The molecule has 0 spiro atoms. The zero-order chi connectivity index (χ0) is 19.5. The van der Waals surface area contributed by atoms with E-state index in [9.17, 15) is 0 Å². The minimum Gasteiger partial charge on any atom is -0.497 e. The number of ether oxygens (including phenoxy) is 1. The Hall–Kier alpha value is -3.13. The van der Waals surface area contributed by atoms with Gasteiger partial charge >= 0.3 is 0 Å². The summed E-state index contributed by atoms with van der Waals surface area (Å²) in [5.74, 6) is 0.818. The van der Waals surface area contributed by atoms with Crippen LogP contribution in [0.4, 0.5) is 0 Å². The normalized spacial score (nSPS) is 12.1. The minimum absolute atomic E-state index is 0.222. The average Bonchev–Trinajstić information content (AvgIpc) is 3.38. The molecule has 0 aliphatic carbocycles. The molecule has 2 heterocycles. The monoisotopic (exact) mass is 392 g/mol. The molecule has 0 fully saturated rings. The van der Waals surface area contributed by atoms with E-state index in [2.05, 4.69) is 39.5 Å². The molecule has 0 aliphatic heterocycles. The molecule has 4 rings (SSSR count). The van der Waals surface area contributed by atoms with E-state index in [0.717, 1.165) is 27.9 Å². The third kappa shape index (κ3) is 3.77. The summed E-state index contributed by atoms with van der Waals surface area (Å²) >= 11 is 1.67. The first kappa shape index (κ1) is 18.2. The van der Waals surface area contributed by atoms with Crippen molar-refractivity contribution < 1.29 is 4.74 Å². The third-order valence-electron chi connectivity index (χ3n) is 4.40. The van der Waals surface area contributed by atoms with E-state index in [1.165, 1.54) is 5.56 Å². The Kier molecular flexibility index (Phi) is 5.12. The Labute approximate surface area is 167 Å². The van der Waals surface area contributed by atoms with Crippen LogP contribution in [-0.2, 0) is 7.05 Å². The van der Waals surface area contributed by atoms with Gasteiger partial charge in [-0.2, -0.15) is 9.90 Å². The molecule has 8 heteroatoms. The number of aryl methyl sites for hydroxylation is 1. The van der Waals surface area contributed by atoms with E-state index in [1.807, 2.05) is 48.0 Å². The topological polar surface area (TPSA) is 70.7 Å². The predicted molar refractivity (Wildman–Crippen MR) is 109 cm³/mol. The van der Waals surface area contributed by atoms with Gasteiger partial charge in [0.2, 0.25) is 0 Å². The van der Waals surface area contributed by atoms with E-state index in [4.69, 9.17) is 4.74 Å². The van der Waals surface area contributed by atoms with Crippen LogP contribution in [0.15, 0.2) is 66.2 Å². The Bertz CT molecular complexity index is 1070. The summed E-state index contributed by atoms with van der Waals surface area (Å²) in [7, 11) is 3.60. The first-order chi connectivity index (χ1) is 13.6. The molecular formula is C20H20N6OS. The smallest absolute Gasteiger partial charge is 0.191 e. The summed E-state index contributed by atoms with van der Waals surface area (Å²) in [6.45, 7) is 2.15. The molecule has 0 saturated carbocycles. The number of thioether (sulfide) groups is 1. The second kappa shape index (κ2) is 7.85. The minimum atomic E-state index is 0.222. The second-order valence-corrected chi connectivity index (χ2v) is 7.64. The molecule has 28 heavy (non-hydrogen) atoms. The molecule has 2 aromatic carbocycles. The fraction of sp³-hybridized carbons (Fsp3) is 0.200. The molecule has 1 atom stereocenters. The number of methoxy groups -OCH3 is 1. The summed E-state index contributed by atoms with van der Waals surface area (Å²) in [5, 5.41) is 18.3. The number of benzene rings is 2. The number of aromatic nitrogens is 6. The van der Waals surface area contributed by atoms with Crippen LogP contribution in [0.2, 0.25) is 0 Å². The van der Waals surface area contributed by atoms with Crippen molar-refractivity contribution in [3.05, 3.63) is 66.6 Å². The van der Waals surface area contributed by atoms with E-state index in [-0.39, 0.29) is 5.25 Å². The first-order valence-electron chi connectivity index (χ1n) is 8.82. The van der Waals surface area contributed by atoms with Gasteiger partial charge < -0.3 is 9.30 Å². The van der Waals surface area contributed by atoms with Crippen molar-refractivity contribution in [3.63, 3.8) is 0 Å². The van der Waals surface area contributed by atoms with Crippen LogP contribution < -0.4 is 4.74 Å². The number of nitrogens with zero attached hydrogens (tertiary/aromatic N) is 6. The lowest BCUT2D eigenvalue weighted by Crippen LogP contribution is -2.01. The van der Waals surface area contributed by atoms with Crippen LogP contribution in [0, 0.1) is 0 Å². The van der Waals surface area contributed by atoms with Crippen LogP contribution in [-0.4, -0.2) is 36.9 Å². The molecule has 0 radical (unpaired) electrons. The second-order valence-electron chi connectivity index (χ2n) is 6.33. The fourth-order valence-electron chi connectivity index (χ4n) is 2.79. The maximum absolute atomic E-state index is 5.21. The molecule has 0 amide bonds. The van der Waals surface area contributed by atoms with Crippen LogP contribution >= 0.6 is 11.8 Å². The molecule has 4 aromatic rings. The van der Waals surface area contributed by atoms with E-state index >= 15 is 0 Å². The fourth-order valence-corrected chi connectivity index (χ4v) is 3.70. The van der Waals surface area contributed by atoms with Crippen molar-refractivity contribution in [1.82, 2.24) is 29.8 Å². The quantitative estimate of drug-likeness (QED) is 0.463. The lowest BCUT2D eigenvalue weighted by molar-refractivity contribution is 0.415. The van der Waals surface area contributed by atoms with Crippen molar-refractivity contribution in [2.24, 2.45) is 7.05 Å². The van der Waals surface area contributed by atoms with E-state index < -0.39 is 0 Å². The zero-order valence-electron chi connectivity index (χ0n) is 15.9. The van der Waals surface area contributed by atoms with Crippen molar-refractivity contribution in [1.29, 1.82) is 0 Å². The lowest BCUT2D eigenvalue weighted by atomic mass is 10.1. The van der Waals surface area contributed by atoms with Gasteiger partial charge in [-0.25, -0.2) is 0 Å². The van der Waals surface area contributed by atoms with Gasteiger partial charge in [-0.05, 0) is 48.9 Å². The lowest BCUT2D eigenvalue weighted by Gasteiger charge is -2.12. The summed E-state index contributed by atoms with van der Waals surface area (Å²) in [6, 6.07) is 16.0. The maximum Gasteiger partial charge on any atom is 0.191 e. The molecule has 0 aliphatic rings. The zero-order valence-corrected chi connectivity index (χ0v) is 16.7. The number of hydrogen-bond acceptors (Lipinski definition) is 6. The van der Waals surface area contributed by atoms with E-state index in [1.54, 1.807) is 36.2 Å². The average molecular weight is 392 g/mol. The van der Waals surface area contributed by atoms with Gasteiger partial charge in [-0.15, -0.1) is 15.3 Å². The van der Waals surface area contributed by atoms with Gasteiger partial charge in [0, 0.05) is 17.9 Å². The molecule has 2 aromatic heterocycles.